The molecule has 1 N–H and O–H groups in total. The van der Waals surface area contributed by atoms with Crippen LogP contribution >= 0.6 is 11.6 Å². The second kappa shape index (κ2) is 7.33. The standard InChI is InChI=1S/C17H20ClN3O2/c1-12-5-4-6-17(23)21(12)10-9-16(22)19-13-7-8-15(20(2)3)14(18)11-13/h4-8,11H,9-10H2,1-3H3,(H,19,22). The molecule has 5 nitrogen and oxygen atoms in total. The van der Waals surface area contributed by atoms with Crippen molar-refractivity contribution in [3.63, 3.8) is 0 Å². The Kier molecular flexibility index (Phi) is 5.45. The van der Waals surface area contributed by atoms with Gasteiger partial charge in [0.2, 0.25) is 5.91 Å². The quantitative estimate of drug-likeness (QED) is 0.915. The summed E-state index contributed by atoms with van der Waals surface area (Å²) in [6, 6.07) is 10.4. The molecule has 0 spiro atoms. The molecule has 6 heteroatoms. The Morgan fingerprint density at radius 1 is 1.26 bits per heavy atom. The number of aryl methyl sites for hydroxylation is 1. The summed E-state index contributed by atoms with van der Waals surface area (Å²) in [5, 5.41) is 3.37. The molecule has 0 radical (unpaired) electrons. The smallest absolute Gasteiger partial charge is 0.250 e. The molecule has 0 bridgehead atoms. The largest absolute Gasteiger partial charge is 0.376 e. The summed E-state index contributed by atoms with van der Waals surface area (Å²) < 4.78 is 1.59. The molecule has 0 saturated carbocycles. The number of nitrogens with zero attached hydrogens (tertiary/aromatic N) is 2. The predicted molar refractivity (Wildman–Crippen MR) is 94.5 cm³/mol. The highest BCUT2D eigenvalue weighted by Crippen LogP contribution is 2.27. The summed E-state index contributed by atoms with van der Waals surface area (Å²) in [5.41, 5.74) is 2.26. The van der Waals surface area contributed by atoms with E-state index < -0.39 is 0 Å². The average Bonchev–Trinajstić information content (AvgIpc) is 2.46. The van der Waals surface area contributed by atoms with Crippen LogP contribution in [-0.4, -0.2) is 24.6 Å². The Labute approximate surface area is 140 Å². The van der Waals surface area contributed by atoms with E-state index >= 15 is 0 Å². The number of halogens is 1. The topological polar surface area (TPSA) is 54.3 Å². The van der Waals surface area contributed by atoms with Gasteiger partial charge in [0, 0.05) is 44.5 Å². The van der Waals surface area contributed by atoms with Crippen molar-refractivity contribution in [3.05, 3.63) is 57.5 Å². The normalized spacial score (nSPS) is 10.4. The molecule has 2 aromatic rings. The molecule has 0 fully saturated rings. The van der Waals surface area contributed by atoms with Gasteiger partial charge in [-0.2, -0.15) is 0 Å². The fourth-order valence-electron chi connectivity index (χ4n) is 2.29. The van der Waals surface area contributed by atoms with E-state index in [0.717, 1.165) is 11.4 Å². The second-order valence-corrected chi connectivity index (χ2v) is 5.92. The zero-order valence-corrected chi connectivity index (χ0v) is 14.2. The van der Waals surface area contributed by atoms with Crippen LogP contribution in [0.15, 0.2) is 41.2 Å². The van der Waals surface area contributed by atoms with Crippen LogP contribution in [0.4, 0.5) is 11.4 Å². The maximum absolute atomic E-state index is 12.1. The van der Waals surface area contributed by atoms with Crippen LogP contribution in [-0.2, 0) is 11.3 Å². The molecular formula is C17H20ClN3O2. The molecule has 0 atom stereocenters. The summed E-state index contributed by atoms with van der Waals surface area (Å²) in [6.07, 6.45) is 0.220. The second-order valence-electron chi connectivity index (χ2n) is 5.52. The minimum Gasteiger partial charge on any atom is -0.376 e. The van der Waals surface area contributed by atoms with Crippen LogP contribution in [0.1, 0.15) is 12.1 Å². The Morgan fingerprint density at radius 2 is 2.00 bits per heavy atom. The number of rotatable bonds is 5. The van der Waals surface area contributed by atoms with Crippen molar-refractivity contribution in [1.29, 1.82) is 0 Å². The van der Waals surface area contributed by atoms with Gasteiger partial charge in [0.1, 0.15) is 0 Å². The Morgan fingerprint density at radius 3 is 2.61 bits per heavy atom. The van der Waals surface area contributed by atoms with Gasteiger partial charge in [-0.3, -0.25) is 9.59 Å². The third kappa shape index (κ3) is 4.36. The summed E-state index contributed by atoms with van der Waals surface area (Å²) in [4.78, 5) is 25.7. The maximum atomic E-state index is 12.1. The third-order valence-corrected chi connectivity index (χ3v) is 3.85. The number of anilines is 2. The van der Waals surface area contributed by atoms with E-state index in [4.69, 9.17) is 11.6 Å². The Balaban J connectivity index is 2.00. The SMILES string of the molecule is Cc1cccc(=O)n1CCC(=O)Nc1ccc(N(C)C)c(Cl)c1. The molecule has 23 heavy (non-hydrogen) atoms. The Bertz CT molecular complexity index is 769. The summed E-state index contributed by atoms with van der Waals surface area (Å²) >= 11 is 6.18. The van der Waals surface area contributed by atoms with Gasteiger partial charge >= 0.3 is 0 Å². The number of benzene rings is 1. The minimum absolute atomic E-state index is 0.101. The highest BCUT2D eigenvalue weighted by molar-refractivity contribution is 6.33. The first-order valence-electron chi connectivity index (χ1n) is 7.31. The van der Waals surface area contributed by atoms with Gasteiger partial charge in [-0.25, -0.2) is 0 Å². The molecule has 1 aromatic heterocycles. The molecule has 1 heterocycles. The maximum Gasteiger partial charge on any atom is 0.250 e. The first-order valence-corrected chi connectivity index (χ1v) is 7.69. The minimum atomic E-state index is -0.158. The number of pyridine rings is 1. The number of carbonyl (C=O) groups is 1. The van der Waals surface area contributed by atoms with Gasteiger partial charge in [0.25, 0.3) is 5.56 Å². The molecule has 0 aliphatic heterocycles. The zero-order chi connectivity index (χ0) is 17.0. The van der Waals surface area contributed by atoms with Gasteiger partial charge in [-0.1, -0.05) is 17.7 Å². The lowest BCUT2D eigenvalue weighted by Gasteiger charge is -2.15. The van der Waals surface area contributed by atoms with Crippen molar-refractivity contribution in [2.45, 2.75) is 19.9 Å². The lowest BCUT2D eigenvalue weighted by atomic mass is 10.2. The van der Waals surface area contributed by atoms with Gasteiger partial charge in [-0.15, -0.1) is 0 Å². The van der Waals surface area contributed by atoms with E-state index in [9.17, 15) is 9.59 Å². The summed E-state index contributed by atoms with van der Waals surface area (Å²) in [6.45, 7) is 2.19. The number of hydrogen-bond donors (Lipinski definition) is 1. The van der Waals surface area contributed by atoms with E-state index in [2.05, 4.69) is 5.32 Å². The number of hydrogen-bond acceptors (Lipinski definition) is 3. The van der Waals surface area contributed by atoms with Crippen molar-refractivity contribution in [2.24, 2.45) is 0 Å². The molecule has 0 aliphatic rings. The lowest BCUT2D eigenvalue weighted by Crippen LogP contribution is -2.24. The average molecular weight is 334 g/mol. The fourth-order valence-corrected chi connectivity index (χ4v) is 2.64. The van der Waals surface area contributed by atoms with Crippen LogP contribution in [0.5, 0.6) is 0 Å². The molecular weight excluding hydrogens is 314 g/mol. The van der Waals surface area contributed by atoms with Gasteiger partial charge in [0.05, 0.1) is 10.7 Å². The van der Waals surface area contributed by atoms with E-state index in [1.54, 1.807) is 22.8 Å². The van der Waals surface area contributed by atoms with Crippen molar-refractivity contribution >= 4 is 28.9 Å². The first-order chi connectivity index (χ1) is 10.9. The fraction of sp³-hybridized carbons (Fsp3) is 0.294. The van der Waals surface area contributed by atoms with Crippen molar-refractivity contribution in [1.82, 2.24) is 4.57 Å². The molecule has 122 valence electrons. The predicted octanol–water partition coefficient (Wildman–Crippen LogP) is 2.90. The highest BCUT2D eigenvalue weighted by atomic mass is 35.5. The molecule has 1 aromatic carbocycles. The van der Waals surface area contributed by atoms with E-state index in [-0.39, 0.29) is 17.9 Å². The highest BCUT2D eigenvalue weighted by Gasteiger charge is 2.08. The Hall–Kier alpha value is -2.27. The van der Waals surface area contributed by atoms with Crippen LogP contribution in [0.2, 0.25) is 5.02 Å². The van der Waals surface area contributed by atoms with Gasteiger partial charge in [0.15, 0.2) is 0 Å². The monoisotopic (exact) mass is 333 g/mol. The van der Waals surface area contributed by atoms with E-state index in [0.29, 0.717) is 17.3 Å². The van der Waals surface area contributed by atoms with Crippen LogP contribution < -0.4 is 15.8 Å². The van der Waals surface area contributed by atoms with E-state index in [1.165, 1.54) is 6.07 Å². The first kappa shape index (κ1) is 17.1. The lowest BCUT2D eigenvalue weighted by molar-refractivity contribution is -0.116. The summed E-state index contributed by atoms with van der Waals surface area (Å²) in [5.74, 6) is -0.158. The van der Waals surface area contributed by atoms with Gasteiger partial charge < -0.3 is 14.8 Å². The molecule has 0 unspecified atom stereocenters. The summed E-state index contributed by atoms with van der Waals surface area (Å²) in [7, 11) is 3.80. The van der Waals surface area contributed by atoms with E-state index in [1.807, 2.05) is 38.1 Å². The van der Waals surface area contributed by atoms with Crippen molar-refractivity contribution < 1.29 is 4.79 Å². The number of aromatic nitrogens is 1. The number of nitrogens with one attached hydrogen (secondary N) is 1. The number of carbonyl (C=O) groups excluding carboxylic acids is 1. The number of amides is 1. The van der Waals surface area contributed by atoms with Crippen LogP contribution in [0.25, 0.3) is 0 Å². The molecule has 0 saturated heterocycles. The molecule has 0 aliphatic carbocycles. The zero-order valence-electron chi connectivity index (χ0n) is 13.5. The van der Waals surface area contributed by atoms with Crippen LogP contribution in [0.3, 0.4) is 0 Å². The van der Waals surface area contributed by atoms with Crippen molar-refractivity contribution in [2.75, 3.05) is 24.3 Å². The van der Waals surface area contributed by atoms with Crippen molar-refractivity contribution in [3.8, 4) is 0 Å². The van der Waals surface area contributed by atoms with Crippen LogP contribution in [0, 0.1) is 6.92 Å². The third-order valence-electron chi connectivity index (χ3n) is 3.54. The molecule has 2 rings (SSSR count). The molecule has 1 amide bonds. The van der Waals surface area contributed by atoms with Gasteiger partial charge in [-0.05, 0) is 31.2 Å².